The average Bonchev–Trinajstić information content (AvgIpc) is 2.91. The van der Waals surface area contributed by atoms with E-state index in [1.54, 1.807) is 19.1 Å². The number of phenolic OH excluding ortho intramolecular Hbond substituents is 1. The van der Waals surface area contributed by atoms with Gasteiger partial charge in [-0.1, -0.05) is 32.4 Å². The maximum Gasteiger partial charge on any atom is 0.326 e. The fourth-order valence-electron chi connectivity index (χ4n) is 3.72. The number of hydrogen-bond acceptors (Lipinski definition) is 8. The molecule has 13 N–H and O–H groups in total. The van der Waals surface area contributed by atoms with Crippen LogP contribution in [0.5, 0.6) is 5.75 Å². The van der Waals surface area contributed by atoms with Gasteiger partial charge in [0, 0.05) is 19.4 Å². The van der Waals surface area contributed by atoms with Gasteiger partial charge in [-0.25, -0.2) is 4.79 Å². The van der Waals surface area contributed by atoms with Gasteiger partial charge in [-0.2, -0.15) is 0 Å². The molecule has 0 spiro atoms. The Balaban J connectivity index is 3.21. The van der Waals surface area contributed by atoms with Crippen molar-refractivity contribution in [1.82, 2.24) is 16.0 Å². The van der Waals surface area contributed by atoms with Crippen molar-refractivity contribution < 1.29 is 34.2 Å². The van der Waals surface area contributed by atoms with Crippen LogP contribution in [0, 0.1) is 5.92 Å². The maximum atomic E-state index is 13.5. The van der Waals surface area contributed by atoms with Crippen LogP contribution in [0.3, 0.4) is 0 Å². The van der Waals surface area contributed by atoms with E-state index in [0.29, 0.717) is 12.0 Å². The predicted octanol–water partition coefficient (Wildman–Crippen LogP) is -1.83. The number of guanidine groups is 1. The molecule has 1 aromatic rings. The molecule has 15 heteroatoms. The number of carboxylic acids is 1. The maximum absolute atomic E-state index is 13.5. The van der Waals surface area contributed by atoms with Crippen LogP contribution in [0.15, 0.2) is 29.3 Å². The van der Waals surface area contributed by atoms with Crippen LogP contribution < -0.4 is 38.9 Å². The highest BCUT2D eigenvalue weighted by molar-refractivity contribution is 5.94. The number of amides is 4. The fraction of sp³-hybridized carbons (Fsp3) is 0.538. The smallest absolute Gasteiger partial charge is 0.326 e. The lowest BCUT2D eigenvalue weighted by Crippen LogP contribution is -2.58. The summed E-state index contributed by atoms with van der Waals surface area (Å²) in [5.41, 5.74) is 22.4. The number of aliphatic imine (C=N–C) groups is 1. The van der Waals surface area contributed by atoms with E-state index in [1.807, 2.05) is 6.92 Å². The molecule has 0 radical (unpaired) electrons. The number of primary amides is 1. The highest BCUT2D eigenvalue weighted by Crippen LogP contribution is 2.13. The summed E-state index contributed by atoms with van der Waals surface area (Å²) in [6.07, 6.45) is 0.353. The third kappa shape index (κ3) is 13.0. The number of nitrogens with one attached hydrogen (secondary N) is 3. The zero-order valence-corrected chi connectivity index (χ0v) is 23.3. The largest absolute Gasteiger partial charge is 0.508 e. The Kier molecular flexibility index (Phi) is 14.6. The Morgan fingerprint density at radius 1 is 0.878 bits per heavy atom. The summed E-state index contributed by atoms with van der Waals surface area (Å²) in [6.45, 7) is 3.80. The van der Waals surface area contributed by atoms with Crippen LogP contribution in [0.1, 0.15) is 51.5 Å². The number of carbonyl (C=O) groups is 5. The molecule has 4 amide bonds. The number of phenols is 1. The van der Waals surface area contributed by atoms with E-state index < -0.39 is 53.8 Å². The number of benzene rings is 1. The first kappa shape index (κ1) is 34.6. The summed E-state index contributed by atoms with van der Waals surface area (Å²) >= 11 is 0. The lowest BCUT2D eigenvalue weighted by atomic mass is 9.98. The molecule has 0 aromatic heterocycles. The van der Waals surface area contributed by atoms with Crippen molar-refractivity contribution in [3.05, 3.63) is 29.8 Å². The van der Waals surface area contributed by atoms with Crippen molar-refractivity contribution in [1.29, 1.82) is 0 Å². The van der Waals surface area contributed by atoms with Gasteiger partial charge in [0.15, 0.2) is 5.96 Å². The molecule has 1 aromatic carbocycles. The third-order valence-electron chi connectivity index (χ3n) is 6.44. The average molecular weight is 579 g/mol. The minimum Gasteiger partial charge on any atom is -0.508 e. The van der Waals surface area contributed by atoms with Crippen LogP contribution >= 0.6 is 0 Å². The molecule has 0 heterocycles. The second kappa shape index (κ2) is 17.3. The zero-order chi connectivity index (χ0) is 31.1. The van der Waals surface area contributed by atoms with Crippen molar-refractivity contribution in [3.63, 3.8) is 0 Å². The number of hydrogen-bond donors (Lipinski definition) is 9. The summed E-state index contributed by atoms with van der Waals surface area (Å²) in [5, 5.41) is 26.6. The Labute approximate surface area is 238 Å². The molecule has 0 saturated carbocycles. The summed E-state index contributed by atoms with van der Waals surface area (Å²) in [7, 11) is 0. The van der Waals surface area contributed by atoms with Gasteiger partial charge < -0.3 is 49.1 Å². The second-order valence-corrected chi connectivity index (χ2v) is 9.76. The standard InChI is InChI=1S/C26H42N8O7/c1-3-14(2)21(28)24(39)34-19(13-15-6-8-16(35)9-7-15)23(38)32-17(5-4-12-31-26(29)30)22(37)33-18(25(40)41)10-11-20(27)36/h6-9,14,17-19,21,35H,3-5,10-13,28H2,1-2H3,(H2,27,36)(H,32,38)(H,33,37)(H,34,39)(H,40,41)(H4,29,30,31). The quantitative estimate of drug-likeness (QED) is 0.0533. The van der Waals surface area contributed by atoms with Crippen LogP contribution in [0.25, 0.3) is 0 Å². The van der Waals surface area contributed by atoms with E-state index in [2.05, 4.69) is 20.9 Å². The predicted molar refractivity (Wildman–Crippen MR) is 151 cm³/mol. The third-order valence-corrected chi connectivity index (χ3v) is 6.44. The number of aliphatic carboxylic acids is 1. The first-order valence-corrected chi connectivity index (χ1v) is 13.3. The second-order valence-electron chi connectivity index (χ2n) is 9.76. The molecule has 0 bridgehead atoms. The highest BCUT2D eigenvalue weighted by atomic mass is 16.4. The van der Waals surface area contributed by atoms with Gasteiger partial charge in [0.05, 0.1) is 6.04 Å². The fourth-order valence-corrected chi connectivity index (χ4v) is 3.72. The number of rotatable bonds is 18. The SMILES string of the molecule is CCC(C)C(N)C(=O)NC(Cc1ccc(O)cc1)C(=O)NC(CCCN=C(N)N)C(=O)NC(CCC(N)=O)C(=O)O. The van der Waals surface area contributed by atoms with Gasteiger partial charge in [0.1, 0.15) is 23.9 Å². The van der Waals surface area contributed by atoms with Gasteiger partial charge >= 0.3 is 5.97 Å². The van der Waals surface area contributed by atoms with Crippen molar-refractivity contribution in [2.45, 2.75) is 76.5 Å². The van der Waals surface area contributed by atoms with Crippen molar-refractivity contribution in [2.75, 3.05) is 6.54 Å². The van der Waals surface area contributed by atoms with E-state index >= 15 is 0 Å². The summed E-state index contributed by atoms with van der Waals surface area (Å²) in [6, 6.07) is 1.26. The zero-order valence-electron chi connectivity index (χ0n) is 23.3. The highest BCUT2D eigenvalue weighted by Gasteiger charge is 2.31. The molecule has 0 aliphatic carbocycles. The Morgan fingerprint density at radius 3 is 1.98 bits per heavy atom. The number of carboxylic acid groups (broad SMARTS) is 1. The lowest BCUT2D eigenvalue weighted by molar-refractivity contribution is -0.142. The van der Waals surface area contributed by atoms with Crippen LogP contribution in [-0.4, -0.2) is 76.5 Å². The Hall–Kier alpha value is -4.40. The van der Waals surface area contributed by atoms with Crippen LogP contribution in [-0.2, 0) is 30.4 Å². The van der Waals surface area contributed by atoms with Gasteiger partial charge in [0.25, 0.3) is 0 Å². The van der Waals surface area contributed by atoms with Gasteiger partial charge in [-0.15, -0.1) is 0 Å². The monoisotopic (exact) mass is 578 g/mol. The summed E-state index contributed by atoms with van der Waals surface area (Å²) in [5.74, 6) is -4.57. The molecular formula is C26H42N8O7. The first-order chi connectivity index (χ1) is 19.2. The number of nitrogens with zero attached hydrogens (tertiary/aromatic N) is 1. The molecule has 0 aliphatic rings. The van der Waals surface area contributed by atoms with Crippen LogP contribution in [0.2, 0.25) is 0 Å². The molecule has 228 valence electrons. The lowest BCUT2D eigenvalue weighted by Gasteiger charge is -2.26. The number of aromatic hydroxyl groups is 1. The molecule has 0 aliphatic heterocycles. The summed E-state index contributed by atoms with van der Waals surface area (Å²) in [4.78, 5) is 66.1. The van der Waals surface area contributed by atoms with Gasteiger partial charge in [-0.05, 0) is 42.9 Å². The van der Waals surface area contributed by atoms with Crippen molar-refractivity contribution in [2.24, 2.45) is 33.8 Å². The summed E-state index contributed by atoms with van der Waals surface area (Å²) < 4.78 is 0. The van der Waals surface area contributed by atoms with Crippen molar-refractivity contribution in [3.8, 4) is 5.75 Å². The molecule has 0 saturated heterocycles. The van der Waals surface area contributed by atoms with Crippen molar-refractivity contribution >= 4 is 35.6 Å². The van der Waals surface area contributed by atoms with Gasteiger partial charge in [-0.3, -0.25) is 24.2 Å². The molecule has 5 atom stereocenters. The molecule has 1 rings (SSSR count). The topological polar surface area (TPSA) is 278 Å². The van der Waals surface area contributed by atoms with E-state index in [-0.39, 0.29) is 56.3 Å². The van der Waals surface area contributed by atoms with E-state index in [9.17, 15) is 34.2 Å². The van der Waals surface area contributed by atoms with E-state index in [4.69, 9.17) is 22.9 Å². The Bertz CT molecular complexity index is 1080. The number of nitrogens with two attached hydrogens (primary N) is 4. The molecule has 0 fully saturated rings. The Morgan fingerprint density at radius 2 is 1.44 bits per heavy atom. The van der Waals surface area contributed by atoms with E-state index in [0.717, 1.165) is 0 Å². The first-order valence-electron chi connectivity index (χ1n) is 13.3. The van der Waals surface area contributed by atoms with E-state index in [1.165, 1.54) is 12.1 Å². The normalized spacial score (nSPS) is 14.4. The minimum absolute atomic E-state index is 0.00375. The van der Waals surface area contributed by atoms with Crippen LogP contribution in [0.4, 0.5) is 0 Å². The molecular weight excluding hydrogens is 536 g/mol. The van der Waals surface area contributed by atoms with Gasteiger partial charge in [0.2, 0.25) is 23.6 Å². The molecule has 15 nitrogen and oxygen atoms in total. The molecule has 41 heavy (non-hydrogen) atoms. The molecule has 5 unspecified atom stereocenters. The number of carbonyl (C=O) groups excluding carboxylic acids is 4. The minimum atomic E-state index is -1.44.